The fourth-order valence-corrected chi connectivity index (χ4v) is 6.20. The third kappa shape index (κ3) is 4.93. The Kier molecular flexibility index (Phi) is 6.78. The Morgan fingerprint density at radius 2 is 1.68 bits per heavy atom. The SMILES string of the molecule is CC[NH+]1CCC(NC(=O)c2ccc(S(=O)(=O)N3C[C@@H](C)C[C@H](C)C3)cc2)CC1. The summed E-state index contributed by atoms with van der Waals surface area (Å²) in [5.41, 5.74) is 0.518. The lowest BCUT2D eigenvalue weighted by atomic mass is 9.94. The van der Waals surface area contributed by atoms with E-state index in [0.29, 0.717) is 30.5 Å². The molecule has 0 aromatic heterocycles. The zero-order valence-corrected chi connectivity index (χ0v) is 18.1. The molecule has 0 saturated carbocycles. The molecule has 0 radical (unpaired) electrons. The summed E-state index contributed by atoms with van der Waals surface area (Å²) in [4.78, 5) is 14.4. The first-order chi connectivity index (χ1) is 13.3. The second kappa shape index (κ2) is 8.93. The van der Waals surface area contributed by atoms with Gasteiger partial charge in [0.25, 0.3) is 5.91 Å². The van der Waals surface area contributed by atoms with Gasteiger partial charge in [0.05, 0.1) is 24.5 Å². The zero-order valence-electron chi connectivity index (χ0n) is 17.3. The van der Waals surface area contributed by atoms with Crippen LogP contribution in [0.3, 0.4) is 0 Å². The van der Waals surface area contributed by atoms with E-state index in [-0.39, 0.29) is 16.8 Å². The van der Waals surface area contributed by atoms with Gasteiger partial charge >= 0.3 is 0 Å². The Labute approximate surface area is 169 Å². The highest BCUT2D eigenvalue weighted by molar-refractivity contribution is 7.89. The first-order valence-corrected chi connectivity index (χ1v) is 12.0. The van der Waals surface area contributed by atoms with E-state index in [2.05, 4.69) is 26.1 Å². The van der Waals surface area contributed by atoms with Gasteiger partial charge in [-0.25, -0.2) is 8.42 Å². The minimum absolute atomic E-state index is 0.117. The predicted octanol–water partition coefficient (Wildman–Crippen LogP) is 1.15. The van der Waals surface area contributed by atoms with Crippen molar-refractivity contribution in [3.8, 4) is 0 Å². The van der Waals surface area contributed by atoms with Crippen LogP contribution in [-0.2, 0) is 10.0 Å². The van der Waals surface area contributed by atoms with Gasteiger partial charge in [-0.1, -0.05) is 13.8 Å². The first-order valence-electron chi connectivity index (χ1n) is 10.5. The number of nitrogens with one attached hydrogen (secondary N) is 2. The molecular weight excluding hydrogens is 374 g/mol. The van der Waals surface area contributed by atoms with Crippen molar-refractivity contribution in [2.24, 2.45) is 11.8 Å². The van der Waals surface area contributed by atoms with Gasteiger partial charge in [-0.05, 0) is 49.4 Å². The minimum atomic E-state index is -3.51. The number of carbonyl (C=O) groups is 1. The van der Waals surface area contributed by atoms with Crippen molar-refractivity contribution in [3.63, 3.8) is 0 Å². The molecule has 2 fully saturated rings. The molecule has 0 unspecified atom stereocenters. The molecule has 2 aliphatic heterocycles. The minimum Gasteiger partial charge on any atom is -0.349 e. The third-order valence-electron chi connectivity index (χ3n) is 6.12. The van der Waals surface area contributed by atoms with Crippen LogP contribution in [0.5, 0.6) is 0 Å². The van der Waals surface area contributed by atoms with E-state index in [1.807, 2.05) is 0 Å². The van der Waals surface area contributed by atoms with Crippen LogP contribution in [0.4, 0.5) is 0 Å². The van der Waals surface area contributed by atoms with E-state index in [9.17, 15) is 13.2 Å². The maximum Gasteiger partial charge on any atom is 0.251 e. The van der Waals surface area contributed by atoms with Crippen LogP contribution in [0.2, 0.25) is 0 Å². The summed E-state index contributed by atoms with van der Waals surface area (Å²) in [7, 11) is -3.51. The number of piperidine rings is 2. The van der Waals surface area contributed by atoms with E-state index in [1.54, 1.807) is 33.5 Å². The lowest BCUT2D eigenvalue weighted by Gasteiger charge is -2.34. The Morgan fingerprint density at radius 3 is 2.21 bits per heavy atom. The van der Waals surface area contributed by atoms with Gasteiger partial charge in [-0.15, -0.1) is 0 Å². The summed E-state index contributed by atoms with van der Waals surface area (Å²) >= 11 is 0. The number of likely N-dealkylation sites (tertiary alicyclic amines) is 1. The number of amides is 1. The monoisotopic (exact) mass is 408 g/mol. The molecule has 156 valence electrons. The van der Waals surface area contributed by atoms with Crippen molar-refractivity contribution < 1.29 is 18.1 Å². The number of sulfonamides is 1. The van der Waals surface area contributed by atoms with Crippen LogP contribution in [0.15, 0.2) is 29.2 Å². The number of quaternary nitrogens is 1. The third-order valence-corrected chi connectivity index (χ3v) is 7.96. The summed E-state index contributed by atoms with van der Waals surface area (Å²) in [6, 6.07) is 6.61. The summed E-state index contributed by atoms with van der Waals surface area (Å²) in [5, 5.41) is 3.10. The van der Waals surface area contributed by atoms with Gasteiger partial charge in [0.1, 0.15) is 0 Å². The molecule has 2 aliphatic rings. The second-order valence-electron chi connectivity index (χ2n) is 8.64. The molecule has 2 heterocycles. The summed E-state index contributed by atoms with van der Waals surface area (Å²) in [6.45, 7) is 10.8. The molecule has 28 heavy (non-hydrogen) atoms. The van der Waals surface area contributed by atoms with Crippen molar-refractivity contribution in [2.45, 2.75) is 51.0 Å². The number of hydrogen-bond acceptors (Lipinski definition) is 3. The molecule has 1 amide bonds. The largest absolute Gasteiger partial charge is 0.349 e. The van der Waals surface area contributed by atoms with Gasteiger partial charge in [0, 0.05) is 37.5 Å². The molecule has 7 heteroatoms. The molecule has 1 aromatic carbocycles. The molecule has 0 bridgehead atoms. The number of benzene rings is 1. The molecule has 6 nitrogen and oxygen atoms in total. The number of hydrogen-bond donors (Lipinski definition) is 2. The summed E-state index contributed by atoms with van der Waals surface area (Å²) in [5.74, 6) is 0.614. The smallest absolute Gasteiger partial charge is 0.251 e. The van der Waals surface area contributed by atoms with E-state index < -0.39 is 10.0 Å². The fraction of sp³-hybridized carbons (Fsp3) is 0.667. The lowest BCUT2D eigenvalue weighted by molar-refractivity contribution is -0.903. The summed E-state index contributed by atoms with van der Waals surface area (Å²) in [6.07, 6.45) is 3.04. The number of rotatable bonds is 5. The van der Waals surface area contributed by atoms with Crippen LogP contribution in [-0.4, -0.2) is 57.4 Å². The van der Waals surface area contributed by atoms with Gasteiger partial charge in [0.15, 0.2) is 0 Å². The molecule has 2 saturated heterocycles. The molecule has 1 aromatic rings. The van der Waals surface area contributed by atoms with Crippen LogP contribution >= 0.6 is 0 Å². The first kappa shape index (κ1) is 21.3. The van der Waals surface area contributed by atoms with Gasteiger partial charge in [-0.2, -0.15) is 4.31 Å². The highest BCUT2D eigenvalue weighted by Gasteiger charge is 2.31. The van der Waals surface area contributed by atoms with Crippen LogP contribution in [0.1, 0.15) is 50.4 Å². The van der Waals surface area contributed by atoms with Crippen molar-refractivity contribution in [1.29, 1.82) is 0 Å². The van der Waals surface area contributed by atoms with Gasteiger partial charge < -0.3 is 10.2 Å². The number of nitrogens with zero attached hydrogens (tertiary/aromatic N) is 1. The summed E-state index contributed by atoms with van der Waals surface area (Å²) < 4.78 is 27.5. The topological polar surface area (TPSA) is 70.9 Å². The van der Waals surface area contributed by atoms with E-state index in [1.165, 1.54) is 0 Å². The van der Waals surface area contributed by atoms with Crippen LogP contribution in [0.25, 0.3) is 0 Å². The quantitative estimate of drug-likeness (QED) is 0.768. The normalized spacial score (nSPS) is 29.4. The Bertz CT molecular complexity index is 761. The second-order valence-corrected chi connectivity index (χ2v) is 10.6. The van der Waals surface area contributed by atoms with E-state index >= 15 is 0 Å². The lowest BCUT2D eigenvalue weighted by Crippen LogP contribution is -3.13. The van der Waals surface area contributed by atoms with E-state index in [4.69, 9.17) is 0 Å². The predicted molar refractivity (Wildman–Crippen MR) is 110 cm³/mol. The highest BCUT2D eigenvalue weighted by Crippen LogP contribution is 2.26. The Morgan fingerprint density at radius 1 is 1.11 bits per heavy atom. The Hall–Kier alpha value is -1.44. The fourth-order valence-electron chi connectivity index (χ4n) is 4.52. The van der Waals surface area contributed by atoms with Gasteiger partial charge in [-0.3, -0.25) is 4.79 Å². The standard InChI is InChI=1S/C21H33N3O3S/c1-4-23-11-9-19(10-12-23)22-21(25)18-5-7-20(8-6-18)28(26,27)24-14-16(2)13-17(3)15-24/h5-8,16-17,19H,4,9-15H2,1-3H3,(H,22,25)/p+1/t16-,17-/m0/s1. The van der Waals surface area contributed by atoms with Crippen molar-refractivity contribution in [1.82, 2.24) is 9.62 Å². The van der Waals surface area contributed by atoms with Crippen LogP contribution < -0.4 is 10.2 Å². The van der Waals surface area contributed by atoms with E-state index in [0.717, 1.165) is 38.9 Å². The molecule has 2 atom stereocenters. The van der Waals surface area contributed by atoms with Crippen LogP contribution in [0, 0.1) is 11.8 Å². The van der Waals surface area contributed by atoms with Crippen molar-refractivity contribution in [3.05, 3.63) is 29.8 Å². The molecule has 3 rings (SSSR count). The van der Waals surface area contributed by atoms with Gasteiger partial charge in [0.2, 0.25) is 10.0 Å². The number of carbonyl (C=O) groups excluding carboxylic acids is 1. The highest BCUT2D eigenvalue weighted by atomic mass is 32.2. The molecular formula is C21H34N3O3S+. The molecule has 2 N–H and O–H groups in total. The zero-order chi connectivity index (χ0) is 20.3. The average Bonchev–Trinajstić information content (AvgIpc) is 2.68. The van der Waals surface area contributed by atoms with Crippen molar-refractivity contribution >= 4 is 15.9 Å². The Balaban J connectivity index is 1.63. The maximum atomic E-state index is 13.0. The molecule has 0 aliphatic carbocycles. The van der Waals surface area contributed by atoms with Crippen molar-refractivity contribution in [2.75, 3.05) is 32.7 Å². The maximum absolute atomic E-state index is 13.0. The average molecular weight is 409 g/mol. The molecule has 0 spiro atoms.